The quantitative estimate of drug-likeness (QED) is 0.459. The van der Waals surface area contributed by atoms with Crippen LogP contribution in [0, 0.1) is 0 Å². The van der Waals surface area contributed by atoms with Crippen LogP contribution in [-0.4, -0.2) is 12.4 Å². The van der Waals surface area contributed by atoms with Crippen molar-refractivity contribution in [3.8, 4) is 5.75 Å². The molecular formula is C12H17NO2. The van der Waals surface area contributed by atoms with E-state index in [1.807, 2.05) is 0 Å². The molecule has 2 N–H and O–H groups in total. The van der Waals surface area contributed by atoms with Gasteiger partial charge in [-0.1, -0.05) is 13.3 Å². The van der Waals surface area contributed by atoms with E-state index in [4.69, 9.17) is 10.5 Å². The Balaban J connectivity index is 2.82. The summed E-state index contributed by atoms with van der Waals surface area (Å²) in [6.45, 7) is 4.24. The van der Waals surface area contributed by atoms with Gasteiger partial charge in [0.1, 0.15) is 5.75 Å². The Morgan fingerprint density at radius 1 is 1.47 bits per heavy atom. The lowest BCUT2D eigenvalue weighted by atomic mass is 10.1. The fourth-order valence-electron chi connectivity index (χ4n) is 1.28. The van der Waals surface area contributed by atoms with Gasteiger partial charge >= 0.3 is 0 Å². The number of carbonyl (C=O) groups excluding carboxylic acids is 1. The highest BCUT2D eigenvalue weighted by Crippen LogP contribution is 2.22. The van der Waals surface area contributed by atoms with Crippen molar-refractivity contribution in [3.63, 3.8) is 0 Å². The van der Waals surface area contributed by atoms with Crippen molar-refractivity contribution in [3.05, 3.63) is 23.8 Å². The Labute approximate surface area is 90.2 Å². The fraction of sp³-hybridized carbons (Fsp3) is 0.417. The molecule has 1 aromatic rings. The largest absolute Gasteiger partial charge is 0.493 e. The van der Waals surface area contributed by atoms with Crippen LogP contribution >= 0.6 is 0 Å². The molecule has 3 nitrogen and oxygen atoms in total. The van der Waals surface area contributed by atoms with Gasteiger partial charge < -0.3 is 10.5 Å². The van der Waals surface area contributed by atoms with Crippen LogP contribution in [-0.2, 0) is 0 Å². The normalized spacial score (nSPS) is 10.0. The van der Waals surface area contributed by atoms with Crippen molar-refractivity contribution in [1.82, 2.24) is 0 Å². The van der Waals surface area contributed by atoms with E-state index in [2.05, 4.69) is 6.92 Å². The van der Waals surface area contributed by atoms with E-state index >= 15 is 0 Å². The van der Waals surface area contributed by atoms with Crippen molar-refractivity contribution in [2.24, 2.45) is 0 Å². The third kappa shape index (κ3) is 3.27. The molecule has 0 fully saturated rings. The van der Waals surface area contributed by atoms with Crippen molar-refractivity contribution >= 4 is 11.5 Å². The standard InChI is InChI=1S/C12H17NO2/c1-3-4-7-15-12-8-10(13)5-6-11(12)9(2)14/h5-6,8H,3-4,7,13H2,1-2H3. The predicted octanol–water partition coefficient (Wildman–Crippen LogP) is 2.65. The molecular weight excluding hydrogens is 190 g/mol. The molecule has 1 aromatic carbocycles. The Morgan fingerprint density at radius 2 is 2.20 bits per heavy atom. The summed E-state index contributed by atoms with van der Waals surface area (Å²) in [6, 6.07) is 5.12. The van der Waals surface area contributed by atoms with Gasteiger partial charge in [0, 0.05) is 11.8 Å². The molecule has 1 rings (SSSR count). The van der Waals surface area contributed by atoms with Gasteiger partial charge in [-0.2, -0.15) is 0 Å². The van der Waals surface area contributed by atoms with Crippen molar-refractivity contribution < 1.29 is 9.53 Å². The van der Waals surface area contributed by atoms with Gasteiger partial charge in [-0.05, 0) is 25.5 Å². The van der Waals surface area contributed by atoms with E-state index in [1.165, 1.54) is 6.92 Å². The third-order valence-corrected chi connectivity index (χ3v) is 2.14. The lowest BCUT2D eigenvalue weighted by molar-refractivity contribution is 0.101. The molecule has 0 aliphatic carbocycles. The highest BCUT2D eigenvalue weighted by molar-refractivity contribution is 5.97. The maximum Gasteiger partial charge on any atom is 0.163 e. The summed E-state index contributed by atoms with van der Waals surface area (Å²) in [5.74, 6) is 0.595. The Bertz CT molecular complexity index is 347. The lowest BCUT2D eigenvalue weighted by Crippen LogP contribution is -2.03. The summed E-state index contributed by atoms with van der Waals surface area (Å²) in [4.78, 5) is 11.3. The number of unbranched alkanes of at least 4 members (excludes halogenated alkanes) is 1. The van der Waals surface area contributed by atoms with Crippen LogP contribution in [0.3, 0.4) is 0 Å². The van der Waals surface area contributed by atoms with E-state index < -0.39 is 0 Å². The number of hydrogen-bond donors (Lipinski definition) is 1. The molecule has 0 saturated heterocycles. The van der Waals surface area contributed by atoms with Crippen LogP contribution in [0.5, 0.6) is 5.75 Å². The molecule has 0 amide bonds. The number of ether oxygens (including phenoxy) is 1. The van der Waals surface area contributed by atoms with Crippen LogP contribution in [0.25, 0.3) is 0 Å². The molecule has 0 aliphatic rings. The second-order valence-electron chi connectivity index (χ2n) is 3.51. The van der Waals surface area contributed by atoms with Gasteiger partial charge in [-0.3, -0.25) is 4.79 Å². The minimum absolute atomic E-state index is 0.00139. The molecule has 0 unspecified atom stereocenters. The average molecular weight is 207 g/mol. The van der Waals surface area contributed by atoms with Crippen LogP contribution in [0.2, 0.25) is 0 Å². The van der Waals surface area contributed by atoms with Crippen molar-refractivity contribution in [2.75, 3.05) is 12.3 Å². The number of anilines is 1. The molecule has 0 spiro atoms. The molecule has 3 heteroatoms. The number of hydrogen-bond acceptors (Lipinski definition) is 3. The van der Waals surface area contributed by atoms with E-state index in [-0.39, 0.29) is 5.78 Å². The number of carbonyl (C=O) groups is 1. The van der Waals surface area contributed by atoms with E-state index in [1.54, 1.807) is 18.2 Å². The van der Waals surface area contributed by atoms with Gasteiger partial charge in [0.05, 0.1) is 12.2 Å². The van der Waals surface area contributed by atoms with Crippen LogP contribution in [0.15, 0.2) is 18.2 Å². The molecule has 0 aromatic heterocycles. The molecule has 0 bridgehead atoms. The zero-order valence-corrected chi connectivity index (χ0v) is 9.25. The van der Waals surface area contributed by atoms with Crippen molar-refractivity contribution in [1.29, 1.82) is 0 Å². The van der Waals surface area contributed by atoms with Gasteiger partial charge in [-0.25, -0.2) is 0 Å². The number of nitrogen functional groups attached to an aromatic ring is 1. The molecule has 82 valence electrons. The van der Waals surface area contributed by atoms with E-state index in [0.29, 0.717) is 23.6 Å². The second kappa shape index (κ2) is 5.39. The minimum Gasteiger partial charge on any atom is -0.493 e. The van der Waals surface area contributed by atoms with Gasteiger partial charge in [-0.15, -0.1) is 0 Å². The summed E-state index contributed by atoms with van der Waals surface area (Å²) in [5, 5.41) is 0. The monoisotopic (exact) mass is 207 g/mol. The molecule has 0 heterocycles. The zero-order valence-electron chi connectivity index (χ0n) is 9.25. The summed E-state index contributed by atoms with van der Waals surface area (Å²) < 4.78 is 5.52. The first-order valence-electron chi connectivity index (χ1n) is 5.18. The SMILES string of the molecule is CCCCOc1cc(N)ccc1C(C)=O. The summed E-state index contributed by atoms with van der Waals surface area (Å²) in [6.07, 6.45) is 2.05. The number of rotatable bonds is 5. The van der Waals surface area contributed by atoms with Crippen LogP contribution in [0.4, 0.5) is 5.69 Å². The fourth-order valence-corrected chi connectivity index (χ4v) is 1.28. The summed E-state index contributed by atoms with van der Waals surface area (Å²) >= 11 is 0. The lowest BCUT2D eigenvalue weighted by Gasteiger charge is -2.09. The van der Waals surface area contributed by atoms with Crippen LogP contribution in [0.1, 0.15) is 37.0 Å². The van der Waals surface area contributed by atoms with Gasteiger partial charge in [0.2, 0.25) is 0 Å². The number of benzene rings is 1. The van der Waals surface area contributed by atoms with Crippen LogP contribution < -0.4 is 10.5 Å². The topological polar surface area (TPSA) is 52.3 Å². The van der Waals surface area contributed by atoms with E-state index in [9.17, 15) is 4.79 Å². The molecule has 0 radical (unpaired) electrons. The van der Waals surface area contributed by atoms with Crippen molar-refractivity contribution in [2.45, 2.75) is 26.7 Å². The second-order valence-corrected chi connectivity index (χ2v) is 3.51. The average Bonchev–Trinajstić information content (AvgIpc) is 2.18. The highest BCUT2D eigenvalue weighted by Gasteiger charge is 2.08. The number of Topliss-reactive ketones (excluding diaryl/α,β-unsaturated/α-hetero) is 1. The Morgan fingerprint density at radius 3 is 2.80 bits per heavy atom. The first kappa shape index (κ1) is 11.6. The first-order valence-corrected chi connectivity index (χ1v) is 5.18. The third-order valence-electron chi connectivity index (χ3n) is 2.14. The van der Waals surface area contributed by atoms with E-state index in [0.717, 1.165) is 12.8 Å². The maximum absolute atomic E-state index is 11.3. The summed E-state index contributed by atoms with van der Waals surface area (Å²) in [5.41, 5.74) is 6.86. The van der Waals surface area contributed by atoms with Gasteiger partial charge in [0.15, 0.2) is 5.78 Å². The smallest absolute Gasteiger partial charge is 0.163 e. The highest BCUT2D eigenvalue weighted by atomic mass is 16.5. The number of ketones is 1. The summed E-state index contributed by atoms with van der Waals surface area (Å²) in [7, 11) is 0. The first-order chi connectivity index (χ1) is 7.15. The number of nitrogens with two attached hydrogens (primary N) is 1. The molecule has 0 atom stereocenters. The zero-order chi connectivity index (χ0) is 11.3. The Kier molecular flexibility index (Phi) is 4.16. The minimum atomic E-state index is 0.00139. The molecule has 0 aliphatic heterocycles. The Hall–Kier alpha value is -1.51. The van der Waals surface area contributed by atoms with Gasteiger partial charge in [0.25, 0.3) is 0 Å². The molecule has 15 heavy (non-hydrogen) atoms. The predicted molar refractivity (Wildman–Crippen MR) is 61.3 cm³/mol. The maximum atomic E-state index is 11.3. The molecule has 0 saturated carbocycles.